The number of carbonyl (C=O) groups is 2. The van der Waals surface area contributed by atoms with Gasteiger partial charge in [0.25, 0.3) is 0 Å². The SMILES string of the molecule is CC(C)=CCC[C@@H](C)[C@H](C=O)COC(=O)c1ccccc1P(c1ccccc1)c1ccccc1. The highest BCUT2D eigenvalue weighted by atomic mass is 31.1. The van der Waals surface area contributed by atoms with E-state index in [1.807, 2.05) is 67.6 Å². The Kier molecular flexibility index (Phi) is 9.79. The standard InChI is InChI=1S/C30H33O3P/c1-23(2)13-12-14-24(3)25(21-31)22-33-30(32)28-19-10-11-20-29(28)34(26-15-6-4-7-16-26)27-17-8-5-9-18-27/h4-11,13,15-21,24-25H,12,14,22H2,1-3H3/t24-,25-/m1/s1. The van der Waals surface area contributed by atoms with E-state index in [1.165, 1.54) is 16.2 Å². The summed E-state index contributed by atoms with van der Waals surface area (Å²) in [6.07, 6.45) is 4.91. The summed E-state index contributed by atoms with van der Waals surface area (Å²) in [5, 5.41) is 3.30. The van der Waals surface area contributed by atoms with Gasteiger partial charge in [-0.3, -0.25) is 0 Å². The molecule has 3 nitrogen and oxygen atoms in total. The van der Waals surface area contributed by atoms with Gasteiger partial charge in [-0.05, 0) is 62.5 Å². The van der Waals surface area contributed by atoms with E-state index in [0.717, 1.165) is 24.4 Å². The molecule has 3 aromatic carbocycles. The molecule has 0 radical (unpaired) electrons. The molecule has 0 fully saturated rings. The van der Waals surface area contributed by atoms with Crippen LogP contribution in [-0.4, -0.2) is 18.9 Å². The van der Waals surface area contributed by atoms with Crippen molar-refractivity contribution >= 4 is 36.1 Å². The maximum absolute atomic E-state index is 13.2. The van der Waals surface area contributed by atoms with E-state index in [0.29, 0.717) is 5.56 Å². The second-order valence-corrected chi connectivity index (χ2v) is 10.9. The Bertz CT molecular complexity index is 1050. The summed E-state index contributed by atoms with van der Waals surface area (Å²) < 4.78 is 5.72. The van der Waals surface area contributed by atoms with Gasteiger partial charge in [0.1, 0.15) is 12.9 Å². The molecule has 0 aliphatic rings. The number of rotatable bonds is 11. The molecule has 0 aliphatic heterocycles. The molecule has 2 atom stereocenters. The molecule has 3 rings (SSSR count). The number of carbonyl (C=O) groups excluding carboxylic acids is 2. The minimum absolute atomic E-state index is 0.0985. The molecule has 3 aromatic rings. The third-order valence-electron chi connectivity index (χ3n) is 5.88. The molecule has 0 unspecified atom stereocenters. The molecule has 0 spiro atoms. The highest BCUT2D eigenvalue weighted by Crippen LogP contribution is 2.34. The van der Waals surface area contributed by atoms with Crippen LogP contribution in [0.5, 0.6) is 0 Å². The summed E-state index contributed by atoms with van der Waals surface area (Å²) in [6.45, 7) is 6.28. The molecule has 34 heavy (non-hydrogen) atoms. The van der Waals surface area contributed by atoms with Crippen molar-refractivity contribution in [2.24, 2.45) is 11.8 Å². The Hall–Kier alpha value is -3.03. The van der Waals surface area contributed by atoms with E-state index in [4.69, 9.17) is 4.74 Å². The van der Waals surface area contributed by atoms with Gasteiger partial charge >= 0.3 is 5.97 Å². The van der Waals surface area contributed by atoms with Crippen molar-refractivity contribution in [1.29, 1.82) is 0 Å². The highest BCUT2D eigenvalue weighted by Gasteiger charge is 2.24. The lowest BCUT2D eigenvalue weighted by molar-refractivity contribution is -0.113. The normalized spacial score (nSPS) is 12.6. The molecule has 0 N–H and O–H groups in total. The monoisotopic (exact) mass is 472 g/mol. The van der Waals surface area contributed by atoms with Crippen LogP contribution >= 0.6 is 7.92 Å². The van der Waals surface area contributed by atoms with Gasteiger partial charge in [-0.25, -0.2) is 4.79 Å². The number of benzene rings is 3. The summed E-state index contributed by atoms with van der Waals surface area (Å²) in [6, 6.07) is 28.2. The molecule has 0 saturated heterocycles. The Morgan fingerprint density at radius 1 is 0.882 bits per heavy atom. The van der Waals surface area contributed by atoms with Crippen molar-refractivity contribution in [3.63, 3.8) is 0 Å². The summed E-state index contributed by atoms with van der Waals surface area (Å²) in [5.74, 6) is -0.549. The summed E-state index contributed by atoms with van der Waals surface area (Å²) in [7, 11) is -0.933. The van der Waals surface area contributed by atoms with Crippen molar-refractivity contribution in [2.75, 3.05) is 6.61 Å². The van der Waals surface area contributed by atoms with Gasteiger partial charge in [-0.2, -0.15) is 0 Å². The van der Waals surface area contributed by atoms with Crippen LogP contribution in [0.4, 0.5) is 0 Å². The molecule has 176 valence electrons. The fraction of sp³-hybridized carbons (Fsp3) is 0.267. The van der Waals surface area contributed by atoms with E-state index in [1.54, 1.807) is 0 Å². The van der Waals surface area contributed by atoms with Crippen LogP contribution in [0.1, 0.15) is 44.0 Å². The Labute approximate surface area is 204 Å². The van der Waals surface area contributed by atoms with E-state index in [-0.39, 0.29) is 24.4 Å². The van der Waals surface area contributed by atoms with Gasteiger partial charge in [0.2, 0.25) is 0 Å². The van der Waals surface area contributed by atoms with Gasteiger partial charge in [0.05, 0.1) is 11.5 Å². The Morgan fingerprint density at radius 3 is 2.00 bits per heavy atom. The molecule has 0 aliphatic carbocycles. The summed E-state index contributed by atoms with van der Waals surface area (Å²) in [4.78, 5) is 25.0. The average molecular weight is 473 g/mol. The summed E-state index contributed by atoms with van der Waals surface area (Å²) in [5.41, 5.74) is 1.83. The maximum atomic E-state index is 13.2. The van der Waals surface area contributed by atoms with Crippen LogP contribution in [-0.2, 0) is 9.53 Å². The fourth-order valence-electron chi connectivity index (χ4n) is 3.86. The molecular weight excluding hydrogens is 439 g/mol. The van der Waals surface area contributed by atoms with Crippen LogP contribution in [0.15, 0.2) is 96.6 Å². The van der Waals surface area contributed by atoms with Crippen molar-refractivity contribution in [3.05, 3.63) is 102 Å². The number of allylic oxidation sites excluding steroid dienone is 2. The van der Waals surface area contributed by atoms with E-state index in [2.05, 4.69) is 44.2 Å². The molecule has 4 heteroatoms. The lowest BCUT2D eigenvalue weighted by Crippen LogP contribution is -2.27. The topological polar surface area (TPSA) is 43.4 Å². The second kappa shape index (κ2) is 13.0. The van der Waals surface area contributed by atoms with Gasteiger partial charge < -0.3 is 9.53 Å². The van der Waals surface area contributed by atoms with Gasteiger partial charge in [-0.15, -0.1) is 0 Å². The number of ether oxygens (including phenoxy) is 1. The van der Waals surface area contributed by atoms with Crippen molar-refractivity contribution in [1.82, 2.24) is 0 Å². The predicted octanol–water partition coefficient (Wildman–Crippen LogP) is 5.80. The zero-order valence-electron chi connectivity index (χ0n) is 20.2. The molecule has 0 aromatic heterocycles. The number of hydrogen-bond acceptors (Lipinski definition) is 3. The van der Waals surface area contributed by atoms with Gasteiger partial charge in [0.15, 0.2) is 0 Å². The second-order valence-electron chi connectivity index (χ2n) is 8.76. The van der Waals surface area contributed by atoms with E-state index < -0.39 is 7.92 Å². The first-order valence-electron chi connectivity index (χ1n) is 11.8. The zero-order valence-corrected chi connectivity index (χ0v) is 21.1. The first-order chi connectivity index (χ1) is 16.5. The smallest absolute Gasteiger partial charge is 0.338 e. The minimum atomic E-state index is -0.933. The van der Waals surface area contributed by atoms with Gasteiger partial charge in [0, 0.05) is 0 Å². The number of hydrogen-bond donors (Lipinski definition) is 0. The summed E-state index contributed by atoms with van der Waals surface area (Å²) >= 11 is 0. The van der Waals surface area contributed by atoms with Crippen molar-refractivity contribution < 1.29 is 14.3 Å². The molecule has 0 heterocycles. The predicted molar refractivity (Wildman–Crippen MR) is 143 cm³/mol. The van der Waals surface area contributed by atoms with Crippen molar-refractivity contribution in [3.8, 4) is 0 Å². The first-order valence-corrected chi connectivity index (χ1v) is 13.1. The average Bonchev–Trinajstić information content (AvgIpc) is 2.86. The maximum Gasteiger partial charge on any atom is 0.338 e. The number of aldehydes is 1. The number of esters is 1. The molecular formula is C30H33O3P. The largest absolute Gasteiger partial charge is 0.461 e. The fourth-order valence-corrected chi connectivity index (χ4v) is 6.30. The Balaban J connectivity index is 1.82. The van der Waals surface area contributed by atoms with Crippen molar-refractivity contribution in [2.45, 2.75) is 33.6 Å². The van der Waals surface area contributed by atoms with Crippen LogP contribution < -0.4 is 15.9 Å². The van der Waals surface area contributed by atoms with Crippen LogP contribution in [0.3, 0.4) is 0 Å². The lowest BCUT2D eigenvalue weighted by Gasteiger charge is -2.22. The third-order valence-corrected chi connectivity index (χ3v) is 8.38. The van der Waals surface area contributed by atoms with Gasteiger partial charge in [-0.1, -0.05) is 97.4 Å². The van der Waals surface area contributed by atoms with E-state index >= 15 is 0 Å². The third kappa shape index (κ3) is 6.98. The minimum Gasteiger partial charge on any atom is -0.461 e. The molecule has 0 saturated carbocycles. The zero-order chi connectivity index (χ0) is 24.3. The first kappa shape index (κ1) is 25.6. The molecule has 0 amide bonds. The lowest BCUT2D eigenvalue weighted by atomic mass is 9.91. The van der Waals surface area contributed by atoms with Crippen LogP contribution in [0.25, 0.3) is 0 Å². The van der Waals surface area contributed by atoms with E-state index in [9.17, 15) is 9.59 Å². The molecule has 0 bridgehead atoms. The quantitative estimate of drug-likeness (QED) is 0.153. The van der Waals surface area contributed by atoms with Crippen LogP contribution in [0.2, 0.25) is 0 Å². The Morgan fingerprint density at radius 2 is 1.44 bits per heavy atom. The highest BCUT2D eigenvalue weighted by molar-refractivity contribution is 7.80. The van der Waals surface area contributed by atoms with Crippen LogP contribution in [0, 0.1) is 11.8 Å².